The van der Waals surface area contributed by atoms with Gasteiger partial charge in [0.1, 0.15) is 0 Å². The van der Waals surface area contributed by atoms with Crippen LogP contribution in [0.2, 0.25) is 0 Å². The van der Waals surface area contributed by atoms with Crippen molar-refractivity contribution in [3.8, 4) is 0 Å². The first-order chi connectivity index (χ1) is 9.06. The highest BCUT2D eigenvalue weighted by molar-refractivity contribution is 5.35. The summed E-state index contributed by atoms with van der Waals surface area (Å²) in [6, 6.07) is 7.77. The molecule has 1 N–H and O–H groups in total. The molecule has 106 valence electrons. The van der Waals surface area contributed by atoms with Crippen molar-refractivity contribution in [3.05, 3.63) is 34.9 Å². The van der Waals surface area contributed by atoms with Crippen LogP contribution in [-0.4, -0.2) is 12.6 Å². The van der Waals surface area contributed by atoms with Gasteiger partial charge in [0.15, 0.2) is 0 Å². The molecule has 1 heteroatoms. The minimum atomic E-state index is 0.585. The van der Waals surface area contributed by atoms with Crippen LogP contribution in [-0.2, 0) is 19.3 Å². The Kier molecular flexibility index (Phi) is 5.04. The molecule has 0 amide bonds. The van der Waals surface area contributed by atoms with Gasteiger partial charge in [0.05, 0.1) is 0 Å². The Bertz CT molecular complexity index is 406. The third-order valence-electron chi connectivity index (χ3n) is 4.39. The highest BCUT2D eigenvalue weighted by Crippen LogP contribution is 2.25. The van der Waals surface area contributed by atoms with Gasteiger partial charge in [-0.25, -0.2) is 0 Å². The van der Waals surface area contributed by atoms with E-state index in [0.717, 1.165) is 18.4 Å². The minimum Gasteiger partial charge on any atom is -0.314 e. The van der Waals surface area contributed by atoms with E-state index < -0.39 is 0 Å². The summed E-state index contributed by atoms with van der Waals surface area (Å²) in [4.78, 5) is 0. The van der Waals surface area contributed by atoms with Crippen molar-refractivity contribution in [3.63, 3.8) is 0 Å². The summed E-state index contributed by atoms with van der Waals surface area (Å²) in [6.07, 6.45) is 5.14. The zero-order valence-electron chi connectivity index (χ0n) is 13.0. The molecule has 0 spiro atoms. The molecule has 1 aromatic rings. The summed E-state index contributed by atoms with van der Waals surface area (Å²) in [5, 5.41) is 3.60. The van der Waals surface area contributed by atoms with Gasteiger partial charge in [0, 0.05) is 6.04 Å². The van der Waals surface area contributed by atoms with Crippen molar-refractivity contribution < 1.29 is 0 Å². The second-order valence-corrected chi connectivity index (χ2v) is 6.73. The van der Waals surface area contributed by atoms with Crippen LogP contribution in [0.5, 0.6) is 0 Å². The molecular weight excluding hydrogens is 230 g/mol. The van der Waals surface area contributed by atoms with Crippen LogP contribution in [0, 0.1) is 11.8 Å². The van der Waals surface area contributed by atoms with Crippen molar-refractivity contribution in [2.24, 2.45) is 11.8 Å². The molecule has 1 aliphatic carbocycles. The van der Waals surface area contributed by atoms with Crippen molar-refractivity contribution >= 4 is 0 Å². The summed E-state index contributed by atoms with van der Waals surface area (Å²) < 4.78 is 0. The second-order valence-electron chi connectivity index (χ2n) is 6.73. The number of hydrogen-bond donors (Lipinski definition) is 1. The van der Waals surface area contributed by atoms with E-state index in [1.165, 1.54) is 31.2 Å². The van der Waals surface area contributed by atoms with E-state index in [9.17, 15) is 0 Å². The van der Waals surface area contributed by atoms with Crippen molar-refractivity contribution in [2.45, 2.75) is 59.4 Å². The molecule has 0 aromatic heterocycles. The van der Waals surface area contributed by atoms with Crippen LogP contribution in [0.3, 0.4) is 0 Å². The molecule has 0 heterocycles. The molecule has 0 saturated heterocycles. The average molecular weight is 259 g/mol. The third-order valence-corrected chi connectivity index (χ3v) is 4.39. The molecule has 19 heavy (non-hydrogen) atoms. The summed E-state index contributed by atoms with van der Waals surface area (Å²) in [5.41, 5.74) is 4.73. The first kappa shape index (κ1) is 14.6. The van der Waals surface area contributed by atoms with Gasteiger partial charge in [-0.15, -0.1) is 0 Å². The predicted molar refractivity (Wildman–Crippen MR) is 83.6 cm³/mol. The molecule has 0 aliphatic heterocycles. The van der Waals surface area contributed by atoms with Crippen LogP contribution in [0.15, 0.2) is 18.2 Å². The fraction of sp³-hybridized carbons (Fsp3) is 0.667. The first-order valence-electron chi connectivity index (χ1n) is 7.90. The van der Waals surface area contributed by atoms with E-state index in [-0.39, 0.29) is 0 Å². The molecule has 1 atom stereocenters. The SMILES string of the molecule is CC(C)NCC(Cc1ccc2c(c1)CCC2)C(C)C. The van der Waals surface area contributed by atoms with Crippen LogP contribution in [0.4, 0.5) is 0 Å². The molecule has 1 nitrogen and oxygen atoms in total. The van der Waals surface area contributed by atoms with Gasteiger partial charge in [-0.05, 0) is 60.8 Å². The Morgan fingerprint density at radius 3 is 2.47 bits per heavy atom. The van der Waals surface area contributed by atoms with Gasteiger partial charge in [-0.2, -0.15) is 0 Å². The Balaban J connectivity index is 2.00. The Hall–Kier alpha value is -0.820. The quantitative estimate of drug-likeness (QED) is 0.814. The minimum absolute atomic E-state index is 0.585. The highest BCUT2D eigenvalue weighted by atomic mass is 14.9. The van der Waals surface area contributed by atoms with E-state index >= 15 is 0 Å². The molecule has 1 aromatic carbocycles. The molecule has 2 rings (SSSR count). The number of hydrogen-bond acceptors (Lipinski definition) is 1. The number of aryl methyl sites for hydroxylation is 2. The maximum absolute atomic E-state index is 3.60. The van der Waals surface area contributed by atoms with Crippen molar-refractivity contribution in [1.29, 1.82) is 0 Å². The molecule has 0 fully saturated rings. The zero-order valence-corrected chi connectivity index (χ0v) is 13.0. The molecule has 1 unspecified atom stereocenters. The number of benzene rings is 1. The lowest BCUT2D eigenvalue weighted by Gasteiger charge is -2.23. The van der Waals surface area contributed by atoms with Crippen LogP contribution in [0.1, 0.15) is 50.8 Å². The van der Waals surface area contributed by atoms with Gasteiger partial charge < -0.3 is 5.32 Å². The smallest absolute Gasteiger partial charge is 0.00104 e. The lowest BCUT2D eigenvalue weighted by molar-refractivity contribution is 0.349. The highest BCUT2D eigenvalue weighted by Gasteiger charge is 2.16. The normalized spacial score (nSPS) is 16.1. The monoisotopic (exact) mass is 259 g/mol. The van der Waals surface area contributed by atoms with Crippen molar-refractivity contribution in [2.75, 3.05) is 6.54 Å². The third kappa shape index (κ3) is 4.07. The molecule has 0 radical (unpaired) electrons. The van der Waals surface area contributed by atoms with Gasteiger partial charge in [-0.1, -0.05) is 45.9 Å². The van der Waals surface area contributed by atoms with Gasteiger partial charge in [0.2, 0.25) is 0 Å². The lowest BCUT2D eigenvalue weighted by Crippen LogP contribution is -2.32. The molecular formula is C18H29N. The largest absolute Gasteiger partial charge is 0.314 e. The Morgan fingerprint density at radius 2 is 1.79 bits per heavy atom. The summed E-state index contributed by atoms with van der Waals surface area (Å²) in [5.74, 6) is 1.47. The van der Waals surface area contributed by atoms with E-state index in [0.29, 0.717) is 6.04 Å². The van der Waals surface area contributed by atoms with Crippen LogP contribution >= 0.6 is 0 Å². The summed E-state index contributed by atoms with van der Waals surface area (Å²) in [7, 11) is 0. The Morgan fingerprint density at radius 1 is 1.05 bits per heavy atom. The zero-order chi connectivity index (χ0) is 13.8. The first-order valence-corrected chi connectivity index (χ1v) is 7.90. The standard InChI is InChI=1S/C18H29N/c1-13(2)18(12-19-14(3)4)11-15-8-9-16-6-5-7-17(16)10-15/h8-10,13-14,18-19H,5-7,11-12H2,1-4H3. The molecule has 0 saturated carbocycles. The van der Waals surface area contributed by atoms with E-state index in [1.807, 2.05) is 0 Å². The van der Waals surface area contributed by atoms with E-state index in [2.05, 4.69) is 51.2 Å². The maximum Gasteiger partial charge on any atom is 0.00104 e. The number of fused-ring (bicyclic) bond motifs is 1. The van der Waals surface area contributed by atoms with E-state index in [4.69, 9.17) is 0 Å². The van der Waals surface area contributed by atoms with E-state index in [1.54, 1.807) is 11.1 Å². The van der Waals surface area contributed by atoms with Crippen LogP contribution in [0.25, 0.3) is 0 Å². The maximum atomic E-state index is 3.60. The number of rotatable bonds is 6. The number of nitrogens with one attached hydrogen (secondary N) is 1. The fourth-order valence-electron chi connectivity index (χ4n) is 2.99. The fourth-order valence-corrected chi connectivity index (χ4v) is 2.99. The van der Waals surface area contributed by atoms with Crippen LogP contribution < -0.4 is 5.32 Å². The topological polar surface area (TPSA) is 12.0 Å². The van der Waals surface area contributed by atoms with Gasteiger partial charge >= 0.3 is 0 Å². The van der Waals surface area contributed by atoms with Crippen molar-refractivity contribution in [1.82, 2.24) is 5.32 Å². The van der Waals surface area contributed by atoms with Gasteiger partial charge in [-0.3, -0.25) is 0 Å². The van der Waals surface area contributed by atoms with Gasteiger partial charge in [0.25, 0.3) is 0 Å². The predicted octanol–water partition coefficient (Wildman–Crippen LogP) is 3.99. The second kappa shape index (κ2) is 6.56. The average Bonchev–Trinajstić information content (AvgIpc) is 2.81. The summed E-state index contributed by atoms with van der Waals surface area (Å²) >= 11 is 0. The lowest BCUT2D eigenvalue weighted by atomic mass is 9.88. The molecule has 0 bridgehead atoms. The Labute approximate surface area is 118 Å². The molecule has 1 aliphatic rings. The summed E-state index contributed by atoms with van der Waals surface area (Å²) in [6.45, 7) is 10.3.